The average Bonchev–Trinajstić information content (AvgIpc) is 2.69. The smallest absolute Gasteiger partial charge is 0.323 e. The van der Waals surface area contributed by atoms with E-state index in [-0.39, 0.29) is 11.6 Å². The molecule has 2 amide bonds. The van der Waals surface area contributed by atoms with Gasteiger partial charge in [-0.05, 0) is 20.8 Å². The summed E-state index contributed by atoms with van der Waals surface area (Å²) in [6.45, 7) is 7.62. The van der Waals surface area contributed by atoms with Crippen LogP contribution in [0.1, 0.15) is 20.8 Å². The predicted molar refractivity (Wildman–Crippen MR) is 58.0 cm³/mol. The zero-order valence-electron chi connectivity index (χ0n) is 9.32. The molecule has 1 fully saturated rings. The normalized spacial score (nSPS) is 17.0. The molecule has 0 bridgehead atoms. The summed E-state index contributed by atoms with van der Waals surface area (Å²) in [7, 11) is 0. The van der Waals surface area contributed by atoms with Crippen LogP contribution in [-0.4, -0.2) is 28.9 Å². The molecule has 0 spiro atoms. The monoisotopic (exact) mass is 208 g/mol. The number of urea groups is 1. The van der Waals surface area contributed by atoms with E-state index < -0.39 is 0 Å². The van der Waals surface area contributed by atoms with Gasteiger partial charge in [0.15, 0.2) is 5.82 Å². The summed E-state index contributed by atoms with van der Waals surface area (Å²) in [5, 5.41) is 7.15. The van der Waals surface area contributed by atoms with Crippen LogP contribution >= 0.6 is 0 Å². The number of aromatic nitrogens is 2. The van der Waals surface area contributed by atoms with Crippen LogP contribution in [0.4, 0.5) is 10.6 Å². The highest BCUT2D eigenvalue weighted by Crippen LogP contribution is 2.18. The minimum Gasteiger partial charge on any atom is -0.336 e. The van der Waals surface area contributed by atoms with Crippen LogP contribution < -0.4 is 10.2 Å². The van der Waals surface area contributed by atoms with Gasteiger partial charge < -0.3 is 5.32 Å². The number of anilines is 1. The molecule has 2 rings (SSSR count). The molecule has 0 aliphatic carbocycles. The third-order valence-electron chi connectivity index (χ3n) is 2.40. The highest BCUT2D eigenvalue weighted by molar-refractivity contribution is 5.92. The Morgan fingerprint density at radius 3 is 2.67 bits per heavy atom. The van der Waals surface area contributed by atoms with Crippen LogP contribution in [0.5, 0.6) is 0 Å². The molecule has 15 heavy (non-hydrogen) atoms. The lowest BCUT2D eigenvalue weighted by atomic mass is 10.1. The zero-order chi connectivity index (χ0) is 11.1. The number of hydrogen-bond acceptors (Lipinski definition) is 2. The van der Waals surface area contributed by atoms with E-state index in [4.69, 9.17) is 0 Å². The molecule has 5 heteroatoms. The highest BCUT2D eigenvalue weighted by atomic mass is 16.2. The molecule has 0 atom stereocenters. The molecule has 82 valence electrons. The highest BCUT2D eigenvalue weighted by Gasteiger charge is 2.24. The second kappa shape index (κ2) is 3.25. The number of hydrogen-bond donors (Lipinski definition) is 1. The first-order chi connectivity index (χ1) is 6.98. The van der Waals surface area contributed by atoms with E-state index in [1.54, 1.807) is 4.90 Å². The number of nitrogens with zero attached hydrogens (tertiary/aromatic N) is 3. The van der Waals surface area contributed by atoms with Gasteiger partial charge in [0.2, 0.25) is 0 Å². The maximum absolute atomic E-state index is 11.4. The van der Waals surface area contributed by atoms with Crippen molar-refractivity contribution in [2.24, 2.45) is 0 Å². The molecule has 1 saturated heterocycles. The Balaban J connectivity index is 2.24. The lowest BCUT2D eigenvalue weighted by molar-refractivity contribution is 0.252. The fourth-order valence-electron chi connectivity index (χ4n) is 1.52. The van der Waals surface area contributed by atoms with Gasteiger partial charge in [-0.1, -0.05) is 0 Å². The SMILES string of the molecule is CC(C)(C)n1ccc(N2CCNC2=O)n1. The summed E-state index contributed by atoms with van der Waals surface area (Å²) in [6.07, 6.45) is 1.90. The predicted octanol–water partition coefficient (Wildman–Crippen LogP) is 1.17. The van der Waals surface area contributed by atoms with Crippen LogP contribution in [0.2, 0.25) is 0 Å². The topological polar surface area (TPSA) is 50.2 Å². The fourth-order valence-corrected chi connectivity index (χ4v) is 1.52. The van der Waals surface area contributed by atoms with Crippen LogP contribution in [0.15, 0.2) is 12.3 Å². The van der Waals surface area contributed by atoms with Crippen LogP contribution in [0.3, 0.4) is 0 Å². The van der Waals surface area contributed by atoms with Gasteiger partial charge in [0.25, 0.3) is 0 Å². The van der Waals surface area contributed by atoms with Crippen molar-refractivity contribution in [3.05, 3.63) is 12.3 Å². The van der Waals surface area contributed by atoms with Gasteiger partial charge in [0.05, 0.1) is 5.54 Å². The molecule has 0 aromatic carbocycles. The lowest BCUT2D eigenvalue weighted by Crippen LogP contribution is -2.29. The average molecular weight is 208 g/mol. The zero-order valence-corrected chi connectivity index (χ0v) is 9.32. The van der Waals surface area contributed by atoms with Crippen molar-refractivity contribution < 1.29 is 4.79 Å². The molecule has 1 aliphatic heterocycles. The van der Waals surface area contributed by atoms with Crippen molar-refractivity contribution in [3.63, 3.8) is 0 Å². The first-order valence-corrected chi connectivity index (χ1v) is 5.10. The van der Waals surface area contributed by atoms with E-state index in [1.165, 1.54) is 0 Å². The molecule has 0 radical (unpaired) electrons. The maximum atomic E-state index is 11.4. The van der Waals surface area contributed by atoms with Gasteiger partial charge in [0, 0.05) is 25.4 Å². The van der Waals surface area contributed by atoms with Gasteiger partial charge in [-0.25, -0.2) is 4.79 Å². The molecule has 1 N–H and O–H groups in total. The molecular weight excluding hydrogens is 192 g/mol. The Hall–Kier alpha value is -1.52. The number of amides is 2. The Kier molecular flexibility index (Phi) is 2.17. The van der Waals surface area contributed by atoms with E-state index in [0.717, 1.165) is 5.82 Å². The Morgan fingerprint density at radius 1 is 1.47 bits per heavy atom. The van der Waals surface area contributed by atoms with Crippen LogP contribution in [0.25, 0.3) is 0 Å². The molecule has 0 unspecified atom stereocenters. The molecule has 1 aromatic heterocycles. The lowest BCUT2D eigenvalue weighted by Gasteiger charge is -2.19. The summed E-state index contributed by atoms with van der Waals surface area (Å²) < 4.78 is 1.87. The maximum Gasteiger partial charge on any atom is 0.323 e. The van der Waals surface area contributed by atoms with E-state index in [1.807, 2.05) is 16.9 Å². The van der Waals surface area contributed by atoms with Crippen molar-refractivity contribution >= 4 is 11.8 Å². The Bertz CT molecular complexity index is 377. The molecule has 1 aromatic rings. The first-order valence-electron chi connectivity index (χ1n) is 5.10. The van der Waals surface area contributed by atoms with Gasteiger partial charge >= 0.3 is 6.03 Å². The number of carbonyl (C=O) groups excluding carboxylic acids is 1. The fraction of sp³-hybridized carbons (Fsp3) is 0.600. The van der Waals surface area contributed by atoms with Crippen molar-refractivity contribution in [1.82, 2.24) is 15.1 Å². The molecular formula is C10H16N4O. The summed E-state index contributed by atoms with van der Waals surface area (Å²) in [5.41, 5.74) is -0.0472. The molecule has 2 heterocycles. The van der Waals surface area contributed by atoms with Crippen molar-refractivity contribution in [2.45, 2.75) is 26.3 Å². The van der Waals surface area contributed by atoms with Crippen molar-refractivity contribution in [3.8, 4) is 0 Å². The standard InChI is InChI=1S/C10H16N4O/c1-10(2,3)14-6-4-8(12-14)13-7-5-11-9(13)15/h4,6H,5,7H2,1-3H3,(H,11,15). The Labute approximate surface area is 89.1 Å². The van der Waals surface area contributed by atoms with Crippen LogP contribution in [0, 0.1) is 0 Å². The van der Waals surface area contributed by atoms with Gasteiger partial charge in [-0.15, -0.1) is 0 Å². The number of nitrogens with one attached hydrogen (secondary N) is 1. The van der Waals surface area contributed by atoms with Crippen LogP contribution in [-0.2, 0) is 5.54 Å². The summed E-state index contributed by atoms with van der Waals surface area (Å²) in [5.74, 6) is 0.722. The second-order valence-corrected chi connectivity index (χ2v) is 4.67. The minimum absolute atomic E-state index is 0.0472. The van der Waals surface area contributed by atoms with Crippen molar-refractivity contribution in [1.29, 1.82) is 0 Å². The summed E-state index contributed by atoms with van der Waals surface area (Å²) in [6, 6.07) is 1.81. The van der Waals surface area contributed by atoms with Gasteiger partial charge in [-0.3, -0.25) is 9.58 Å². The number of rotatable bonds is 1. The van der Waals surface area contributed by atoms with E-state index in [2.05, 4.69) is 31.2 Å². The Morgan fingerprint density at radius 2 is 2.20 bits per heavy atom. The minimum atomic E-state index is -0.0610. The quantitative estimate of drug-likeness (QED) is 0.753. The van der Waals surface area contributed by atoms with Gasteiger partial charge in [-0.2, -0.15) is 5.10 Å². The molecule has 0 saturated carbocycles. The second-order valence-electron chi connectivity index (χ2n) is 4.67. The summed E-state index contributed by atoms with van der Waals surface area (Å²) >= 11 is 0. The molecule has 5 nitrogen and oxygen atoms in total. The van der Waals surface area contributed by atoms with E-state index >= 15 is 0 Å². The summed E-state index contributed by atoms with van der Waals surface area (Å²) in [4.78, 5) is 13.1. The third kappa shape index (κ3) is 1.82. The first kappa shape index (κ1) is 10.0. The number of carbonyl (C=O) groups is 1. The largest absolute Gasteiger partial charge is 0.336 e. The van der Waals surface area contributed by atoms with Gasteiger partial charge in [0.1, 0.15) is 0 Å². The van der Waals surface area contributed by atoms with Crippen molar-refractivity contribution in [2.75, 3.05) is 18.0 Å². The molecule has 1 aliphatic rings. The van der Waals surface area contributed by atoms with E-state index in [9.17, 15) is 4.79 Å². The third-order valence-corrected chi connectivity index (χ3v) is 2.40. The van der Waals surface area contributed by atoms with E-state index in [0.29, 0.717) is 13.1 Å².